The highest BCUT2D eigenvalue weighted by molar-refractivity contribution is 5.61. The van der Waals surface area contributed by atoms with E-state index in [0.717, 1.165) is 12.8 Å². The maximum atomic E-state index is 5.89. The minimum atomic E-state index is -0.407. The number of rotatable bonds is 2. The van der Waals surface area contributed by atoms with Gasteiger partial charge in [-0.3, -0.25) is 14.9 Å². The number of nitrogens with two attached hydrogens (primary N) is 1. The molecule has 0 radical (unpaired) electrons. The van der Waals surface area contributed by atoms with Gasteiger partial charge in [0.2, 0.25) is 0 Å². The summed E-state index contributed by atoms with van der Waals surface area (Å²) in [7, 11) is 0. The van der Waals surface area contributed by atoms with Gasteiger partial charge in [-0.25, -0.2) is 0 Å². The van der Waals surface area contributed by atoms with Crippen molar-refractivity contribution in [3.8, 4) is 0 Å². The molecule has 66 valence electrons. The normalized spacial score (nSPS) is 25.6. The highest BCUT2D eigenvalue weighted by atomic mass is 16.7. The molecule has 0 aromatic carbocycles. The average Bonchev–Trinajstić information content (AvgIpc) is 2.04. The quantitative estimate of drug-likeness (QED) is 0.613. The van der Waals surface area contributed by atoms with Gasteiger partial charge >= 0.3 is 0 Å². The van der Waals surface area contributed by atoms with Crippen molar-refractivity contribution in [3.05, 3.63) is 12.4 Å². The van der Waals surface area contributed by atoms with Gasteiger partial charge < -0.3 is 5.73 Å². The topological polar surface area (TPSA) is 50.9 Å². The molecule has 2 rings (SSSR count). The van der Waals surface area contributed by atoms with Gasteiger partial charge in [0.15, 0.2) is 0 Å². The molecule has 1 aliphatic heterocycles. The molecule has 0 atom stereocenters. The fraction of sp³-hybridized carbons (Fsp3) is 0.625. The standard InChI is InChI=1S/C8H13N3O/c9-8(2-1-3-8)12-11-6-4-10-5-7-11/h4-6H,1-3,7,9H2. The molecule has 1 aliphatic carbocycles. The van der Waals surface area contributed by atoms with E-state index in [-0.39, 0.29) is 0 Å². The Morgan fingerprint density at radius 3 is 2.83 bits per heavy atom. The molecule has 0 bridgehead atoms. The van der Waals surface area contributed by atoms with Crippen LogP contribution in [0.4, 0.5) is 0 Å². The molecule has 0 saturated heterocycles. The molecule has 0 aromatic rings. The first-order valence-electron chi connectivity index (χ1n) is 4.21. The molecule has 1 saturated carbocycles. The minimum Gasteiger partial charge on any atom is -0.301 e. The van der Waals surface area contributed by atoms with E-state index in [9.17, 15) is 0 Å². The van der Waals surface area contributed by atoms with Crippen molar-refractivity contribution < 1.29 is 4.84 Å². The predicted molar refractivity (Wildman–Crippen MR) is 46.2 cm³/mol. The molecule has 1 heterocycles. The molecule has 2 N–H and O–H groups in total. The van der Waals surface area contributed by atoms with Crippen LogP contribution in [0, 0.1) is 0 Å². The third-order valence-corrected chi connectivity index (χ3v) is 2.18. The maximum Gasteiger partial charge on any atom is 0.144 e. The van der Waals surface area contributed by atoms with Crippen LogP contribution in [0.25, 0.3) is 0 Å². The van der Waals surface area contributed by atoms with E-state index in [2.05, 4.69) is 4.99 Å². The SMILES string of the molecule is NC1(ON2C=CN=CC2)CCC1. The van der Waals surface area contributed by atoms with Crippen LogP contribution in [0.1, 0.15) is 19.3 Å². The Hall–Kier alpha value is -0.870. The molecule has 4 nitrogen and oxygen atoms in total. The molecule has 2 aliphatic rings. The number of aliphatic imine (C=N–C) groups is 1. The molecule has 0 spiro atoms. The summed E-state index contributed by atoms with van der Waals surface area (Å²) in [6, 6.07) is 0. The Bertz CT molecular complexity index is 220. The fourth-order valence-electron chi connectivity index (χ4n) is 1.28. The predicted octanol–water partition coefficient (Wildman–Crippen LogP) is 0.614. The minimum absolute atomic E-state index is 0.407. The van der Waals surface area contributed by atoms with Gasteiger partial charge in [0, 0.05) is 18.6 Å². The fourth-order valence-corrected chi connectivity index (χ4v) is 1.28. The summed E-state index contributed by atoms with van der Waals surface area (Å²) in [5.74, 6) is 0. The van der Waals surface area contributed by atoms with Gasteiger partial charge in [0.25, 0.3) is 0 Å². The monoisotopic (exact) mass is 167 g/mol. The van der Waals surface area contributed by atoms with Crippen LogP contribution in [0.2, 0.25) is 0 Å². The van der Waals surface area contributed by atoms with E-state index >= 15 is 0 Å². The second-order valence-corrected chi connectivity index (χ2v) is 3.24. The third-order valence-electron chi connectivity index (χ3n) is 2.18. The lowest BCUT2D eigenvalue weighted by Gasteiger charge is -2.40. The summed E-state index contributed by atoms with van der Waals surface area (Å²) in [4.78, 5) is 9.48. The zero-order valence-electron chi connectivity index (χ0n) is 6.94. The second-order valence-electron chi connectivity index (χ2n) is 3.24. The van der Waals surface area contributed by atoms with Crippen molar-refractivity contribution in [2.24, 2.45) is 10.7 Å². The first kappa shape index (κ1) is 7.76. The van der Waals surface area contributed by atoms with E-state index in [4.69, 9.17) is 10.6 Å². The Labute approximate surface area is 71.7 Å². The molecular weight excluding hydrogens is 154 g/mol. The lowest BCUT2D eigenvalue weighted by atomic mass is 9.89. The van der Waals surface area contributed by atoms with E-state index in [1.807, 2.05) is 0 Å². The maximum absolute atomic E-state index is 5.89. The lowest BCUT2D eigenvalue weighted by Crippen LogP contribution is -2.52. The Morgan fingerprint density at radius 2 is 2.33 bits per heavy atom. The molecular formula is C8H13N3O. The average molecular weight is 167 g/mol. The molecule has 0 amide bonds. The third kappa shape index (κ3) is 1.49. The van der Waals surface area contributed by atoms with Crippen molar-refractivity contribution in [3.63, 3.8) is 0 Å². The molecule has 12 heavy (non-hydrogen) atoms. The van der Waals surface area contributed by atoms with E-state index in [1.165, 1.54) is 6.42 Å². The van der Waals surface area contributed by atoms with Gasteiger partial charge in [0.05, 0.1) is 6.54 Å². The second kappa shape index (κ2) is 2.88. The van der Waals surface area contributed by atoms with Gasteiger partial charge in [-0.15, -0.1) is 0 Å². The van der Waals surface area contributed by atoms with Crippen LogP contribution < -0.4 is 5.73 Å². The van der Waals surface area contributed by atoms with Crippen LogP contribution in [-0.4, -0.2) is 23.5 Å². The zero-order chi connectivity index (χ0) is 8.44. The number of nitrogens with zero attached hydrogens (tertiary/aromatic N) is 2. The molecule has 1 fully saturated rings. The van der Waals surface area contributed by atoms with Crippen molar-refractivity contribution in [2.45, 2.75) is 25.0 Å². The summed E-state index contributed by atoms with van der Waals surface area (Å²) in [6.45, 7) is 0.690. The van der Waals surface area contributed by atoms with Crippen LogP contribution in [0.5, 0.6) is 0 Å². The molecule has 0 aromatic heterocycles. The first-order valence-corrected chi connectivity index (χ1v) is 4.21. The lowest BCUT2D eigenvalue weighted by molar-refractivity contribution is -0.240. The largest absolute Gasteiger partial charge is 0.301 e. The number of hydrogen-bond acceptors (Lipinski definition) is 4. The number of hydrogen-bond donors (Lipinski definition) is 1. The van der Waals surface area contributed by atoms with Crippen LogP contribution >= 0.6 is 0 Å². The summed E-state index contributed by atoms with van der Waals surface area (Å²) in [5.41, 5.74) is 5.48. The Balaban J connectivity index is 1.86. The van der Waals surface area contributed by atoms with Crippen LogP contribution in [-0.2, 0) is 4.84 Å². The Morgan fingerprint density at radius 1 is 1.50 bits per heavy atom. The highest BCUT2D eigenvalue weighted by Gasteiger charge is 2.35. The highest BCUT2D eigenvalue weighted by Crippen LogP contribution is 2.31. The van der Waals surface area contributed by atoms with Gasteiger partial charge in [0.1, 0.15) is 5.72 Å². The Kier molecular flexibility index (Phi) is 1.86. The van der Waals surface area contributed by atoms with Crippen molar-refractivity contribution >= 4 is 6.21 Å². The van der Waals surface area contributed by atoms with Gasteiger partial charge in [-0.05, 0) is 19.3 Å². The number of hydroxylamine groups is 2. The van der Waals surface area contributed by atoms with Gasteiger partial charge in [-0.2, -0.15) is 0 Å². The van der Waals surface area contributed by atoms with E-state index in [1.54, 1.807) is 23.7 Å². The molecule has 4 heteroatoms. The summed E-state index contributed by atoms with van der Waals surface area (Å²) >= 11 is 0. The van der Waals surface area contributed by atoms with Crippen molar-refractivity contribution in [2.75, 3.05) is 6.54 Å². The van der Waals surface area contributed by atoms with E-state index < -0.39 is 5.72 Å². The summed E-state index contributed by atoms with van der Waals surface area (Å²) in [5, 5.41) is 1.73. The zero-order valence-corrected chi connectivity index (χ0v) is 6.94. The summed E-state index contributed by atoms with van der Waals surface area (Å²) < 4.78 is 0. The molecule has 0 unspecified atom stereocenters. The van der Waals surface area contributed by atoms with Crippen molar-refractivity contribution in [1.82, 2.24) is 5.06 Å². The smallest absolute Gasteiger partial charge is 0.144 e. The van der Waals surface area contributed by atoms with Crippen LogP contribution in [0.3, 0.4) is 0 Å². The van der Waals surface area contributed by atoms with Gasteiger partial charge in [-0.1, -0.05) is 0 Å². The van der Waals surface area contributed by atoms with E-state index in [0.29, 0.717) is 6.54 Å². The van der Waals surface area contributed by atoms with Crippen LogP contribution in [0.15, 0.2) is 17.4 Å². The summed E-state index contributed by atoms with van der Waals surface area (Å²) in [6.07, 6.45) is 8.37. The first-order chi connectivity index (χ1) is 5.79. The van der Waals surface area contributed by atoms with Crippen molar-refractivity contribution in [1.29, 1.82) is 0 Å².